The van der Waals surface area contributed by atoms with Crippen molar-refractivity contribution in [3.63, 3.8) is 0 Å². The molecule has 0 amide bonds. The third kappa shape index (κ3) is 2.20. The summed E-state index contributed by atoms with van der Waals surface area (Å²) in [6, 6.07) is 4.48. The Morgan fingerprint density at radius 3 is 2.88 bits per heavy atom. The van der Waals surface area contributed by atoms with Crippen LogP contribution in [0.1, 0.15) is 23.1 Å². The molecule has 1 aliphatic heterocycles. The van der Waals surface area contributed by atoms with Gasteiger partial charge in [-0.1, -0.05) is 0 Å². The number of aromatic amines is 1. The van der Waals surface area contributed by atoms with Crippen molar-refractivity contribution in [1.82, 2.24) is 29.5 Å². The van der Waals surface area contributed by atoms with Gasteiger partial charge in [-0.15, -0.1) is 0 Å². The van der Waals surface area contributed by atoms with E-state index in [1.54, 1.807) is 37.1 Å². The first-order valence-corrected chi connectivity index (χ1v) is 8.21. The number of hydrogen-bond donors (Lipinski definition) is 2. The summed E-state index contributed by atoms with van der Waals surface area (Å²) in [5, 5.41) is 4.57. The molecule has 0 unspecified atom stereocenters. The van der Waals surface area contributed by atoms with Crippen molar-refractivity contribution >= 4 is 17.2 Å². The van der Waals surface area contributed by atoms with Gasteiger partial charge in [0.05, 0.1) is 35.8 Å². The van der Waals surface area contributed by atoms with Crippen molar-refractivity contribution in [3.8, 4) is 0 Å². The molecule has 4 aromatic heterocycles. The number of halogens is 1. The van der Waals surface area contributed by atoms with E-state index in [2.05, 4.69) is 25.0 Å². The van der Waals surface area contributed by atoms with Gasteiger partial charge < -0.3 is 15.6 Å². The molecule has 0 bridgehead atoms. The van der Waals surface area contributed by atoms with Gasteiger partial charge in [0.1, 0.15) is 17.4 Å². The van der Waals surface area contributed by atoms with Crippen LogP contribution in [0.3, 0.4) is 0 Å². The molecule has 0 radical (unpaired) electrons. The Hall–Kier alpha value is -3.49. The molecule has 0 aliphatic carbocycles. The Morgan fingerprint density at radius 1 is 1.23 bits per heavy atom. The fourth-order valence-electron chi connectivity index (χ4n) is 3.40. The van der Waals surface area contributed by atoms with E-state index in [0.29, 0.717) is 29.4 Å². The minimum Gasteiger partial charge on any atom is -0.396 e. The van der Waals surface area contributed by atoms with Gasteiger partial charge >= 0.3 is 0 Å². The lowest BCUT2D eigenvalue weighted by molar-refractivity contribution is 0.602. The molecule has 5 heterocycles. The largest absolute Gasteiger partial charge is 0.396 e. The number of aromatic nitrogens is 6. The summed E-state index contributed by atoms with van der Waals surface area (Å²) in [5.41, 5.74) is 9.20. The van der Waals surface area contributed by atoms with E-state index in [4.69, 9.17) is 5.73 Å². The summed E-state index contributed by atoms with van der Waals surface area (Å²) in [6.45, 7) is 0.681. The number of fused-ring (bicyclic) bond motifs is 2. The number of imidazole rings is 1. The first-order chi connectivity index (χ1) is 12.7. The van der Waals surface area contributed by atoms with Gasteiger partial charge in [0.25, 0.3) is 0 Å². The molecule has 9 heteroatoms. The minimum atomic E-state index is -0.320. The third-order valence-corrected chi connectivity index (χ3v) is 4.59. The number of rotatable bonds is 2. The van der Waals surface area contributed by atoms with E-state index >= 15 is 0 Å². The van der Waals surface area contributed by atoms with Crippen LogP contribution in [0.4, 0.5) is 16.0 Å². The van der Waals surface area contributed by atoms with Crippen molar-refractivity contribution in [2.75, 3.05) is 17.2 Å². The van der Waals surface area contributed by atoms with Crippen molar-refractivity contribution in [2.24, 2.45) is 0 Å². The fraction of sp³-hybridized carbons (Fsp3) is 0.176. The lowest BCUT2D eigenvalue weighted by atomic mass is 10.00. The third-order valence-electron chi connectivity index (χ3n) is 4.59. The first-order valence-electron chi connectivity index (χ1n) is 8.21. The predicted molar refractivity (Wildman–Crippen MR) is 93.1 cm³/mol. The van der Waals surface area contributed by atoms with Crippen LogP contribution in [0.15, 0.2) is 43.1 Å². The van der Waals surface area contributed by atoms with Crippen LogP contribution in [0.5, 0.6) is 0 Å². The predicted octanol–water partition coefficient (Wildman–Crippen LogP) is 1.72. The zero-order chi connectivity index (χ0) is 17.7. The van der Waals surface area contributed by atoms with Crippen LogP contribution < -0.4 is 10.6 Å². The molecule has 8 nitrogen and oxygen atoms in total. The van der Waals surface area contributed by atoms with Crippen LogP contribution in [0, 0.1) is 5.82 Å². The maximum atomic E-state index is 14.1. The number of nitrogen functional groups attached to an aromatic ring is 1. The fourth-order valence-corrected chi connectivity index (χ4v) is 3.40. The van der Waals surface area contributed by atoms with Crippen LogP contribution in [-0.2, 0) is 6.42 Å². The van der Waals surface area contributed by atoms with E-state index in [1.807, 2.05) is 4.90 Å². The molecule has 0 saturated carbocycles. The van der Waals surface area contributed by atoms with Crippen LogP contribution in [0.2, 0.25) is 0 Å². The van der Waals surface area contributed by atoms with Gasteiger partial charge in [0.2, 0.25) is 5.95 Å². The van der Waals surface area contributed by atoms with Crippen LogP contribution >= 0.6 is 0 Å². The SMILES string of the molecule is Nc1cnc(N2CCc3[nH]cnc3[C@@H]2c2cc3c(F)cccn3n2)nc1. The second kappa shape index (κ2) is 5.51. The van der Waals surface area contributed by atoms with Crippen molar-refractivity contribution in [1.29, 1.82) is 0 Å². The highest BCUT2D eigenvalue weighted by Crippen LogP contribution is 2.35. The second-order valence-electron chi connectivity index (χ2n) is 6.18. The molecule has 130 valence electrons. The van der Waals surface area contributed by atoms with Crippen LogP contribution in [0.25, 0.3) is 5.52 Å². The monoisotopic (exact) mass is 350 g/mol. The number of anilines is 2. The van der Waals surface area contributed by atoms with Gasteiger partial charge in [-0.3, -0.25) is 0 Å². The average molecular weight is 350 g/mol. The highest BCUT2D eigenvalue weighted by Gasteiger charge is 2.34. The molecule has 1 aliphatic rings. The second-order valence-corrected chi connectivity index (χ2v) is 6.18. The Labute approximate surface area is 147 Å². The van der Waals surface area contributed by atoms with Gasteiger partial charge in [-0.05, 0) is 18.2 Å². The maximum absolute atomic E-state index is 14.1. The van der Waals surface area contributed by atoms with Gasteiger partial charge in [0.15, 0.2) is 0 Å². The Morgan fingerprint density at radius 2 is 2.08 bits per heavy atom. The molecule has 26 heavy (non-hydrogen) atoms. The van der Waals surface area contributed by atoms with Gasteiger partial charge in [-0.2, -0.15) is 5.10 Å². The number of nitrogens with zero attached hydrogens (tertiary/aromatic N) is 6. The van der Waals surface area contributed by atoms with Gasteiger partial charge in [-0.25, -0.2) is 23.9 Å². The summed E-state index contributed by atoms with van der Waals surface area (Å²) < 4.78 is 15.7. The Bertz CT molecular complexity index is 1080. The molecule has 0 spiro atoms. The molecular weight excluding hydrogens is 335 g/mol. The van der Waals surface area contributed by atoms with Crippen LogP contribution in [-0.4, -0.2) is 36.1 Å². The molecule has 1 atom stereocenters. The maximum Gasteiger partial charge on any atom is 0.226 e. The normalized spacial score (nSPS) is 16.8. The van der Waals surface area contributed by atoms with E-state index in [9.17, 15) is 4.39 Å². The van der Waals surface area contributed by atoms with Gasteiger partial charge in [0, 0.05) is 24.9 Å². The molecular formula is C17H15FN8. The topological polar surface area (TPSA) is 101 Å². The highest BCUT2D eigenvalue weighted by molar-refractivity contribution is 5.53. The van der Waals surface area contributed by atoms with E-state index in [1.165, 1.54) is 10.6 Å². The Kier molecular flexibility index (Phi) is 3.14. The number of H-pyrrole nitrogens is 1. The number of nitrogens with two attached hydrogens (primary N) is 1. The Balaban J connectivity index is 1.68. The summed E-state index contributed by atoms with van der Waals surface area (Å²) in [5.74, 6) is 0.218. The molecule has 0 fully saturated rings. The molecule has 0 aromatic carbocycles. The van der Waals surface area contributed by atoms with Crippen molar-refractivity contribution in [2.45, 2.75) is 12.5 Å². The first kappa shape index (κ1) is 14.8. The zero-order valence-corrected chi connectivity index (χ0v) is 13.7. The average Bonchev–Trinajstić information content (AvgIpc) is 3.29. The molecule has 4 aromatic rings. The number of hydrogen-bond acceptors (Lipinski definition) is 6. The molecule has 0 saturated heterocycles. The standard InChI is InChI=1S/C17H15FN8/c18-11-2-1-4-26-14(11)6-13(24-26)16-15-12(22-9-23-15)3-5-25(16)17-20-7-10(19)8-21-17/h1-2,4,6-9,16H,3,5,19H2,(H,22,23)/t16-/m0/s1. The smallest absolute Gasteiger partial charge is 0.226 e. The number of nitrogens with one attached hydrogen (secondary N) is 1. The van der Waals surface area contributed by atoms with E-state index < -0.39 is 0 Å². The molecule has 5 rings (SSSR count). The summed E-state index contributed by atoms with van der Waals surface area (Å²) in [4.78, 5) is 18.4. The van der Waals surface area contributed by atoms with E-state index in [0.717, 1.165) is 17.8 Å². The van der Waals surface area contributed by atoms with Crippen molar-refractivity contribution < 1.29 is 4.39 Å². The minimum absolute atomic E-state index is 0.312. The number of pyridine rings is 1. The van der Waals surface area contributed by atoms with E-state index in [-0.39, 0.29) is 11.9 Å². The lowest BCUT2D eigenvalue weighted by Gasteiger charge is -2.33. The molecule has 3 N–H and O–H groups in total. The zero-order valence-electron chi connectivity index (χ0n) is 13.7. The lowest BCUT2D eigenvalue weighted by Crippen LogP contribution is -2.37. The quantitative estimate of drug-likeness (QED) is 0.571. The summed E-state index contributed by atoms with van der Waals surface area (Å²) in [7, 11) is 0. The van der Waals surface area contributed by atoms with Crippen molar-refractivity contribution in [3.05, 3.63) is 66.0 Å². The highest BCUT2D eigenvalue weighted by atomic mass is 19.1. The summed E-state index contributed by atoms with van der Waals surface area (Å²) >= 11 is 0. The summed E-state index contributed by atoms with van der Waals surface area (Å²) in [6.07, 6.45) is 7.31.